The highest BCUT2D eigenvalue weighted by Gasteiger charge is 2.36. The Bertz CT molecular complexity index is 1190. The van der Waals surface area contributed by atoms with Gasteiger partial charge in [-0.2, -0.15) is 0 Å². The molecule has 3 aromatic heterocycles. The zero-order valence-corrected chi connectivity index (χ0v) is 15.5. The van der Waals surface area contributed by atoms with Crippen LogP contribution in [0.1, 0.15) is 11.9 Å². The minimum atomic E-state index is 0.00370. The van der Waals surface area contributed by atoms with Crippen LogP contribution in [0.4, 0.5) is 5.82 Å². The van der Waals surface area contributed by atoms with Crippen LogP contribution in [-0.4, -0.2) is 49.5 Å². The molecule has 1 aromatic carbocycles. The van der Waals surface area contributed by atoms with Crippen LogP contribution in [0.25, 0.3) is 28.3 Å². The van der Waals surface area contributed by atoms with E-state index in [9.17, 15) is 0 Å². The lowest BCUT2D eigenvalue weighted by molar-refractivity contribution is 0.0894. The van der Waals surface area contributed by atoms with E-state index < -0.39 is 0 Å². The Morgan fingerprint density at radius 3 is 2.90 bits per heavy atom. The monoisotopic (exact) mass is 383 g/mol. The lowest BCUT2D eigenvalue weighted by Crippen LogP contribution is -2.44. The summed E-state index contributed by atoms with van der Waals surface area (Å²) in [6.07, 6.45) is 5.35. The molecule has 0 aliphatic carbocycles. The molecule has 0 spiro atoms. The zero-order chi connectivity index (χ0) is 19.2. The molecule has 0 N–H and O–H groups in total. The lowest BCUT2D eigenvalue weighted by atomic mass is 10.1. The van der Waals surface area contributed by atoms with Crippen LogP contribution in [-0.2, 0) is 4.74 Å². The van der Waals surface area contributed by atoms with Crippen molar-refractivity contribution in [1.29, 1.82) is 0 Å². The third-order valence-electron chi connectivity index (χ3n) is 5.38. The summed E-state index contributed by atoms with van der Waals surface area (Å²) in [7, 11) is 0. The number of morpholine rings is 1. The number of fused-ring (bicyclic) bond motifs is 6. The highest BCUT2D eigenvalue weighted by molar-refractivity contribution is 5.78. The van der Waals surface area contributed by atoms with Crippen molar-refractivity contribution in [1.82, 2.24) is 29.7 Å². The molecule has 0 bridgehead atoms. The first-order valence-electron chi connectivity index (χ1n) is 9.53. The van der Waals surface area contributed by atoms with E-state index in [1.807, 2.05) is 53.2 Å². The number of rotatable bonds is 2. The van der Waals surface area contributed by atoms with Crippen molar-refractivity contribution in [3.63, 3.8) is 0 Å². The van der Waals surface area contributed by atoms with Gasteiger partial charge < -0.3 is 9.64 Å². The molecule has 8 nitrogen and oxygen atoms in total. The van der Waals surface area contributed by atoms with Crippen LogP contribution in [0.2, 0.25) is 0 Å². The number of hydrogen-bond acceptors (Lipinski definition) is 7. The van der Waals surface area contributed by atoms with Crippen molar-refractivity contribution in [3.05, 3.63) is 67.0 Å². The Morgan fingerprint density at radius 1 is 1.03 bits per heavy atom. The summed E-state index contributed by atoms with van der Waals surface area (Å²) in [6, 6.07) is 14.0. The minimum Gasteiger partial charge on any atom is -0.377 e. The Kier molecular flexibility index (Phi) is 3.63. The van der Waals surface area contributed by atoms with Gasteiger partial charge in [-0.25, -0.2) is 9.97 Å². The van der Waals surface area contributed by atoms with Crippen molar-refractivity contribution >= 4 is 5.82 Å². The lowest BCUT2D eigenvalue weighted by Gasteiger charge is -2.39. The number of nitrogens with zero attached hydrogens (tertiary/aromatic N) is 7. The van der Waals surface area contributed by atoms with Crippen LogP contribution < -0.4 is 4.90 Å². The summed E-state index contributed by atoms with van der Waals surface area (Å²) in [5.41, 5.74) is 3.69. The van der Waals surface area contributed by atoms with Gasteiger partial charge in [0.05, 0.1) is 25.1 Å². The average molecular weight is 383 g/mol. The van der Waals surface area contributed by atoms with Crippen LogP contribution in [0, 0.1) is 0 Å². The second-order valence-electron chi connectivity index (χ2n) is 7.01. The molecule has 0 saturated carbocycles. The van der Waals surface area contributed by atoms with E-state index in [2.05, 4.69) is 25.1 Å². The predicted molar refractivity (Wildman–Crippen MR) is 107 cm³/mol. The fourth-order valence-electron chi connectivity index (χ4n) is 4.02. The molecule has 2 aliphatic rings. The molecule has 29 heavy (non-hydrogen) atoms. The molecular formula is C21H17N7O. The summed E-state index contributed by atoms with van der Waals surface area (Å²) in [5.74, 6) is 2.39. The first kappa shape index (κ1) is 16.3. The topological polar surface area (TPSA) is 81.8 Å². The molecule has 1 atom stereocenters. The van der Waals surface area contributed by atoms with Gasteiger partial charge in [0, 0.05) is 23.9 Å². The standard InChI is InChI=1S/C21H17N7O/c1-2-5-14(6-3-1)18-15(7-4-8-22-18)19-23-11-16-20(25-19)27-9-10-29-12-17(27)21-26-24-13-28(16)21/h1-8,11,13,17H,9-10,12H2. The average Bonchev–Trinajstić information content (AvgIpc) is 3.30. The van der Waals surface area contributed by atoms with E-state index in [1.165, 1.54) is 0 Å². The van der Waals surface area contributed by atoms with Gasteiger partial charge in [-0.1, -0.05) is 30.3 Å². The maximum absolute atomic E-state index is 5.70. The Hall–Kier alpha value is -3.65. The van der Waals surface area contributed by atoms with Crippen molar-refractivity contribution in [3.8, 4) is 28.3 Å². The van der Waals surface area contributed by atoms with Crippen LogP contribution in [0.3, 0.4) is 0 Å². The van der Waals surface area contributed by atoms with Gasteiger partial charge in [0.25, 0.3) is 0 Å². The second kappa shape index (κ2) is 6.46. The van der Waals surface area contributed by atoms with Crippen molar-refractivity contribution in [2.24, 2.45) is 0 Å². The van der Waals surface area contributed by atoms with Crippen LogP contribution in [0.5, 0.6) is 0 Å². The van der Waals surface area contributed by atoms with E-state index >= 15 is 0 Å². The molecule has 142 valence electrons. The number of hydrogen-bond donors (Lipinski definition) is 0. The fourth-order valence-corrected chi connectivity index (χ4v) is 4.02. The van der Waals surface area contributed by atoms with E-state index in [0.717, 1.165) is 40.7 Å². The third-order valence-corrected chi connectivity index (χ3v) is 5.38. The molecule has 1 saturated heterocycles. The number of ether oxygens (including phenoxy) is 1. The SMILES string of the molecule is c1ccc(-c2ncccc2-c2ncc3c(n2)N2CCOCC2c2nncn2-3)cc1. The van der Waals surface area contributed by atoms with E-state index in [-0.39, 0.29) is 6.04 Å². The third kappa shape index (κ3) is 2.53. The van der Waals surface area contributed by atoms with Gasteiger partial charge in [0.2, 0.25) is 0 Å². The molecule has 6 rings (SSSR count). The smallest absolute Gasteiger partial charge is 0.163 e. The number of pyridine rings is 1. The molecule has 2 aliphatic heterocycles. The molecule has 1 unspecified atom stereocenters. The van der Waals surface area contributed by atoms with Gasteiger partial charge in [-0.05, 0) is 12.1 Å². The predicted octanol–water partition coefficient (Wildman–Crippen LogP) is 2.68. The van der Waals surface area contributed by atoms with Crippen molar-refractivity contribution in [2.75, 3.05) is 24.7 Å². The summed E-state index contributed by atoms with van der Waals surface area (Å²) < 4.78 is 7.65. The van der Waals surface area contributed by atoms with E-state index in [4.69, 9.17) is 9.72 Å². The Morgan fingerprint density at radius 2 is 1.97 bits per heavy atom. The zero-order valence-electron chi connectivity index (χ0n) is 15.5. The van der Waals surface area contributed by atoms with Crippen LogP contribution >= 0.6 is 0 Å². The molecule has 0 amide bonds. The van der Waals surface area contributed by atoms with E-state index in [0.29, 0.717) is 19.0 Å². The highest BCUT2D eigenvalue weighted by atomic mass is 16.5. The Balaban J connectivity index is 1.52. The number of anilines is 1. The largest absolute Gasteiger partial charge is 0.377 e. The van der Waals surface area contributed by atoms with Gasteiger partial charge >= 0.3 is 0 Å². The molecular weight excluding hydrogens is 366 g/mol. The van der Waals surface area contributed by atoms with Crippen molar-refractivity contribution in [2.45, 2.75) is 6.04 Å². The summed E-state index contributed by atoms with van der Waals surface area (Å²) in [6.45, 7) is 1.98. The molecule has 1 fully saturated rings. The summed E-state index contributed by atoms with van der Waals surface area (Å²) in [4.78, 5) is 16.5. The first-order chi connectivity index (χ1) is 14.4. The highest BCUT2D eigenvalue weighted by Crippen LogP contribution is 2.39. The second-order valence-corrected chi connectivity index (χ2v) is 7.01. The Labute approximate surface area is 166 Å². The van der Waals surface area contributed by atoms with E-state index in [1.54, 1.807) is 12.5 Å². The summed E-state index contributed by atoms with van der Waals surface area (Å²) >= 11 is 0. The molecule has 5 heterocycles. The molecule has 0 radical (unpaired) electrons. The number of aromatic nitrogens is 6. The van der Waals surface area contributed by atoms with Crippen molar-refractivity contribution < 1.29 is 4.74 Å². The van der Waals surface area contributed by atoms with Gasteiger partial charge in [0.1, 0.15) is 18.1 Å². The molecule has 8 heteroatoms. The molecule has 4 aromatic rings. The maximum Gasteiger partial charge on any atom is 0.163 e. The minimum absolute atomic E-state index is 0.00370. The number of benzene rings is 1. The quantitative estimate of drug-likeness (QED) is 0.526. The van der Waals surface area contributed by atoms with Gasteiger partial charge in [-0.15, -0.1) is 10.2 Å². The van der Waals surface area contributed by atoms with Crippen LogP contribution in [0.15, 0.2) is 61.2 Å². The maximum atomic E-state index is 5.70. The van der Waals surface area contributed by atoms with Gasteiger partial charge in [0.15, 0.2) is 17.5 Å². The normalized spacial score (nSPS) is 17.4. The fraction of sp³-hybridized carbons (Fsp3) is 0.190. The first-order valence-corrected chi connectivity index (χ1v) is 9.53. The van der Waals surface area contributed by atoms with Gasteiger partial charge in [-0.3, -0.25) is 9.55 Å². The summed E-state index contributed by atoms with van der Waals surface area (Å²) in [5, 5.41) is 8.39.